The summed E-state index contributed by atoms with van der Waals surface area (Å²) in [7, 11) is 0. The summed E-state index contributed by atoms with van der Waals surface area (Å²) in [5.41, 5.74) is 0.325. The molecule has 0 aromatic carbocycles. The van der Waals surface area contributed by atoms with Crippen molar-refractivity contribution in [1.29, 1.82) is 0 Å². The Morgan fingerprint density at radius 1 is 1.37 bits per heavy atom. The average molecular weight is 328 g/mol. The number of likely N-dealkylation sites (tertiary alicyclic amines) is 1. The first-order chi connectivity index (χ1) is 8.99. The van der Waals surface area contributed by atoms with Crippen molar-refractivity contribution in [3.63, 3.8) is 0 Å². The number of aromatic nitrogens is 2. The van der Waals surface area contributed by atoms with Crippen molar-refractivity contribution in [2.75, 3.05) is 13.1 Å². The van der Waals surface area contributed by atoms with Gasteiger partial charge in [0.15, 0.2) is 0 Å². The molecule has 0 aliphatic carbocycles. The van der Waals surface area contributed by atoms with E-state index in [9.17, 15) is 14.4 Å². The fourth-order valence-corrected chi connectivity index (χ4v) is 2.24. The highest BCUT2D eigenvalue weighted by Crippen LogP contribution is 2.08. The van der Waals surface area contributed by atoms with Crippen LogP contribution in [0.1, 0.15) is 18.5 Å². The van der Waals surface area contributed by atoms with Crippen LogP contribution in [0.4, 0.5) is 0 Å². The van der Waals surface area contributed by atoms with Crippen molar-refractivity contribution < 1.29 is 9.59 Å². The molecule has 0 radical (unpaired) electrons. The maximum atomic E-state index is 12.0. The van der Waals surface area contributed by atoms with Crippen molar-refractivity contribution in [3.05, 3.63) is 26.8 Å². The van der Waals surface area contributed by atoms with Gasteiger partial charge < -0.3 is 4.90 Å². The first-order valence-corrected chi connectivity index (χ1v) is 6.79. The summed E-state index contributed by atoms with van der Waals surface area (Å²) in [4.78, 5) is 40.7. The monoisotopic (exact) mass is 327 g/mol. The summed E-state index contributed by atoms with van der Waals surface area (Å²) in [6.45, 7) is 2.55. The van der Waals surface area contributed by atoms with Crippen molar-refractivity contribution >= 4 is 27.6 Å². The summed E-state index contributed by atoms with van der Waals surface area (Å²) in [6, 6.07) is 0. The lowest BCUT2D eigenvalue weighted by molar-refractivity contribution is -0.135. The molecule has 2 rings (SSSR count). The van der Waals surface area contributed by atoms with E-state index >= 15 is 0 Å². The van der Waals surface area contributed by atoms with Crippen molar-refractivity contribution in [2.24, 2.45) is 0 Å². The lowest BCUT2D eigenvalue weighted by atomic mass is 10.1. The summed E-state index contributed by atoms with van der Waals surface area (Å²) in [5.74, 6) is 0.0214. The predicted octanol–water partition coefficient (Wildman–Crippen LogP) is 0.506. The second-order valence-electron chi connectivity index (χ2n) is 4.50. The molecule has 1 fully saturated rings. The molecule has 1 amide bonds. The summed E-state index contributed by atoms with van der Waals surface area (Å²) >= 11 is 3.16. The molecule has 2 heterocycles. The molecule has 0 N–H and O–H groups in total. The molecule has 6 nitrogen and oxygen atoms in total. The molecule has 19 heavy (non-hydrogen) atoms. The smallest absolute Gasteiger partial charge is 0.268 e. The maximum absolute atomic E-state index is 12.0. The average Bonchev–Trinajstić information content (AvgIpc) is 2.40. The molecule has 0 saturated carbocycles. The Bertz CT molecular complexity index is 572. The van der Waals surface area contributed by atoms with Gasteiger partial charge in [0.25, 0.3) is 5.56 Å². The Morgan fingerprint density at radius 3 is 2.63 bits per heavy atom. The van der Waals surface area contributed by atoms with Crippen molar-refractivity contribution in [3.8, 4) is 0 Å². The van der Waals surface area contributed by atoms with E-state index in [0.717, 1.165) is 0 Å². The number of aryl methyl sites for hydroxylation is 1. The molecule has 7 heteroatoms. The third kappa shape index (κ3) is 3.09. The van der Waals surface area contributed by atoms with Gasteiger partial charge in [-0.2, -0.15) is 0 Å². The van der Waals surface area contributed by atoms with Crippen LogP contribution in [-0.4, -0.2) is 39.2 Å². The van der Waals surface area contributed by atoms with Crippen molar-refractivity contribution in [1.82, 2.24) is 14.5 Å². The van der Waals surface area contributed by atoms with Gasteiger partial charge in [-0.05, 0) is 22.9 Å². The van der Waals surface area contributed by atoms with E-state index in [4.69, 9.17) is 0 Å². The molecule has 1 aliphatic rings. The number of ketones is 1. The van der Waals surface area contributed by atoms with Crippen LogP contribution in [-0.2, 0) is 16.1 Å². The Morgan fingerprint density at radius 2 is 2.00 bits per heavy atom. The fraction of sp³-hybridized carbons (Fsp3) is 0.500. The molecule has 1 aromatic heterocycles. The first kappa shape index (κ1) is 13.9. The largest absolute Gasteiger partial charge is 0.340 e. The van der Waals surface area contributed by atoms with Crippen LogP contribution in [0.5, 0.6) is 0 Å². The van der Waals surface area contributed by atoms with Crippen LogP contribution < -0.4 is 5.56 Å². The second kappa shape index (κ2) is 5.64. The molecule has 1 aromatic rings. The highest BCUT2D eigenvalue weighted by atomic mass is 79.9. The van der Waals surface area contributed by atoms with Crippen LogP contribution in [0.3, 0.4) is 0 Å². The van der Waals surface area contributed by atoms with Crippen LogP contribution in [0.15, 0.2) is 15.6 Å². The predicted molar refractivity (Wildman–Crippen MR) is 71.8 cm³/mol. The number of halogens is 1. The number of carbonyl (C=O) groups is 2. The van der Waals surface area contributed by atoms with E-state index < -0.39 is 0 Å². The van der Waals surface area contributed by atoms with Crippen LogP contribution in [0, 0.1) is 6.92 Å². The van der Waals surface area contributed by atoms with E-state index in [1.807, 2.05) is 0 Å². The highest BCUT2D eigenvalue weighted by molar-refractivity contribution is 9.10. The Kier molecular flexibility index (Phi) is 4.14. The number of rotatable bonds is 2. The lowest BCUT2D eigenvalue weighted by Crippen LogP contribution is -2.41. The van der Waals surface area contributed by atoms with Crippen molar-refractivity contribution in [2.45, 2.75) is 26.3 Å². The lowest BCUT2D eigenvalue weighted by Gasteiger charge is -2.26. The van der Waals surface area contributed by atoms with Crippen LogP contribution in [0.25, 0.3) is 0 Å². The molecule has 0 spiro atoms. The molecule has 0 atom stereocenters. The van der Waals surface area contributed by atoms with Crippen LogP contribution >= 0.6 is 15.9 Å². The number of hydrogen-bond acceptors (Lipinski definition) is 4. The number of amides is 1. The molecular weight excluding hydrogens is 314 g/mol. The van der Waals surface area contributed by atoms with Gasteiger partial charge in [-0.25, -0.2) is 4.98 Å². The number of piperidine rings is 1. The fourth-order valence-electron chi connectivity index (χ4n) is 1.91. The Labute approximate surface area is 118 Å². The minimum absolute atomic E-state index is 0.0428. The molecule has 1 aliphatic heterocycles. The second-order valence-corrected chi connectivity index (χ2v) is 5.29. The molecule has 0 bridgehead atoms. The van der Waals surface area contributed by atoms with Gasteiger partial charge in [-0.1, -0.05) is 0 Å². The number of hydrogen-bond donors (Lipinski definition) is 0. The van der Waals surface area contributed by atoms with Gasteiger partial charge in [0.05, 0.1) is 12.0 Å². The first-order valence-electron chi connectivity index (χ1n) is 6.00. The zero-order chi connectivity index (χ0) is 14.0. The quantitative estimate of drug-likeness (QED) is 0.793. The molecule has 102 valence electrons. The summed E-state index contributed by atoms with van der Waals surface area (Å²) in [5, 5.41) is 0. The third-order valence-corrected chi connectivity index (χ3v) is 4.05. The van der Waals surface area contributed by atoms with E-state index in [2.05, 4.69) is 20.9 Å². The van der Waals surface area contributed by atoms with Gasteiger partial charge in [-0.3, -0.25) is 19.0 Å². The highest BCUT2D eigenvalue weighted by Gasteiger charge is 2.21. The molecule has 0 unspecified atom stereocenters. The Hall–Kier alpha value is -1.50. The van der Waals surface area contributed by atoms with E-state index in [1.54, 1.807) is 11.8 Å². The van der Waals surface area contributed by atoms with Gasteiger partial charge in [0.2, 0.25) is 5.91 Å². The Balaban J connectivity index is 2.09. The normalized spacial score (nSPS) is 15.7. The zero-order valence-corrected chi connectivity index (χ0v) is 12.1. The standard InChI is InChI=1S/C12H14BrN3O3/c1-8-11(13)12(19)16(7-14-8)6-10(18)15-4-2-9(17)3-5-15/h7H,2-6H2,1H3. The zero-order valence-electron chi connectivity index (χ0n) is 10.6. The van der Waals surface area contributed by atoms with E-state index in [-0.39, 0.29) is 23.8 Å². The van der Waals surface area contributed by atoms with Gasteiger partial charge in [-0.15, -0.1) is 0 Å². The molecular formula is C12H14BrN3O3. The van der Waals surface area contributed by atoms with Gasteiger partial charge in [0.1, 0.15) is 16.8 Å². The maximum Gasteiger partial charge on any atom is 0.268 e. The van der Waals surface area contributed by atoms with E-state index in [0.29, 0.717) is 36.1 Å². The van der Waals surface area contributed by atoms with E-state index in [1.165, 1.54) is 10.9 Å². The number of Topliss-reactive ketones (excluding diaryl/α,β-unsaturated/α-hetero) is 1. The number of carbonyl (C=O) groups excluding carboxylic acids is 2. The van der Waals surface area contributed by atoms with Gasteiger partial charge in [0, 0.05) is 25.9 Å². The SMILES string of the molecule is Cc1ncn(CC(=O)N2CCC(=O)CC2)c(=O)c1Br. The van der Waals surface area contributed by atoms with Gasteiger partial charge >= 0.3 is 0 Å². The minimum Gasteiger partial charge on any atom is -0.340 e. The molecule has 1 saturated heterocycles. The number of nitrogens with zero attached hydrogens (tertiary/aromatic N) is 3. The third-order valence-electron chi connectivity index (χ3n) is 3.14. The topological polar surface area (TPSA) is 72.3 Å². The minimum atomic E-state index is -0.270. The summed E-state index contributed by atoms with van der Waals surface area (Å²) in [6.07, 6.45) is 2.17. The summed E-state index contributed by atoms with van der Waals surface area (Å²) < 4.78 is 1.65. The van der Waals surface area contributed by atoms with Crippen LogP contribution in [0.2, 0.25) is 0 Å².